The average Bonchev–Trinajstić information content (AvgIpc) is 2.53. The summed E-state index contributed by atoms with van der Waals surface area (Å²) in [5, 5.41) is 16.0. The zero-order valence-electron chi connectivity index (χ0n) is 11.5. The molecule has 0 bridgehead atoms. The van der Waals surface area contributed by atoms with Crippen LogP contribution < -0.4 is 11.1 Å². The van der Waals surface area contributed by atoms with Crippen LogP contribution in [-0.2, 0) is 6.54 Å². The van der Waals surface area contributed by atoms with E-state index in [0.717, 1.165) is 16.1 Å². The normalized spacial score (nSPS) is 13.1. The van der Waals surface area contributed by atoms with E-state index in [1.807, 2.05) is 54.6 Å². The van der Waals surface area contributed by atoms with E-state index in [-0.39, 0.29) is 11.9 Å². The van der Waals surface area contributed by atoms with Gasteiger partial charge in [0.05, 0.1) is 0 Å². The lowest BCUT2D eigenvalue weighted by Crippen LogP contribution is -2.26. The molecule has 0 aliphatic carbocycles. The lowest BCUT2D eigenvalue weighted by atomic mass is 10.0. The summed E-state index contributed by atoms with van der Waals surface area (Å²) in [5.74, 6) is 0.201. The maximum atomic E-state index is 8.77. The van der Waals surface area contributed by atoms with Crippen molar-refractivity contribution in [3.8, 4) is 0 Å². The van der Waals surface area contributed by atoms with E-state index in [1.54, 1.807) is 0 Å². The van der Waals surface area contributed by atoms with E-state index in [4.69, 9.17) is 22.5 Å². The SMILES string of the molecule is NC(CC(NCc1ccc(Cl)cc1)c1ccccc1)=NO. The molecule has 2 aromatic carbocycles. The van der Waals surface area contributed by atoms with Gasteiger partial charge in [0.25, 0.3) is 0 Å². The van der Waals surface area contributed by atoms with E-state index in [2.05, 4.69) is 10.5 Å². The van der Waals surface area contributed by atoms with Gasteiger partial charge in [-0.25, -0.2) is 0 Å². The molecule has 0 aliphatic rings. The van der Waals surface area contributed by atoms with E-state index >= 15 is 0 Å². The van der Waals surface area contributed by atoms with Crippen molar-refractivity contribution in [2.24, 2.45) is 10.9 Å². The highest BCUT2D eigenvalue weighted by atomic mass is 35.5. The zero-order valence-corrected chi connectivity index (χ0v) is 12.3. The molecule has 0 radical (unpaired) electrons. The first-order chi connectivity index (χ1) is 10.2. The van der Waals surface area contributed by atoms with Crippen molar-refractivity contribution >= 4 is 17.4 Å². The van der Waals surface area contributed by atoms with Crippen molar-refractivity contribution in [3.05, 3.63) is 70.7 Å². The molecule has 110 valence electrons. The van der Waals surface area contributed by atoms with Gasteiger partial charge in [-0.05, 0) is 23.3 Å². The van der Waals surface area contributed by atoms with E-state index < -0.39 is 0 Å². The second kappa shape index (κ2) is 7.67. The van der Waals surface area contributed by atoms with Crippen molar-refractivity contribution in [2.75, 3.05) is 0 Å². The minimum atomic E-state index is -0.0159. The van der Waals surface area contributed by atoms with Crippen LogP contribution in [0.15, 0.2) is 59.8 Å². The Morgan fingerprint density at radius 2 is 1.81 bits per heavy atom. The highest BCUT2D eigenvalue weighted by Gasteiger charge is 2.13. The molecule has 0 saturated carbocycles. The number of nitrogens with two attached hydrogens (primary N) is 1. The molecule has 0 aliphatic heterocycles. The predicted molar refractivity (Wildman–Crippen MR) is 85.5 cm³/mol. The molecular formula is C16H18ClN3O. The van der Waals surface area contributed by atoms with Gasteiger partial charge >= 0.3 is 0 Å². The Morgan fingerprint density at radius 3 is 2.43 bits per heavy atom. The van der Waals surface area contributed by atoms with Crippen LogP contribution in [0.2, 0.25) is 5.02 Å². The summed E-state index contributed by atoms with van der Waals surface area (Å²) in [7, 11) is 0. The first-order valence-electron chi connectivity index (χ1n) is 6.68. The molecular weight excluding hydrogens is 286 g/mol. The Bertz CT molecular complexity index is 584. The molecule has 4 nitrogen and oxygen atoms in total. The fourth-order valence-corrected chi connectivity index (χ4v) is 2.21. The number of oxime groups is 1. The lowest BCUT2D eigenvalue weighted by Gasteiger charge is -2.18. The molecule has 0 amide bonds. The quantitative estimate of drug-likeness (QED) is 0.332. The summed E-state index contributed by atoms with van der Waals surface area (Å²) in [4.78, 5) is 0. The number of nitrogens with zero attached hydrogens (tertiary/aromatic N) is 1. The number of hydrogen-bond acceptors (Lipinski definition) is 3. The molecule has 1 unspecified atom stereocenters. The number of hydrogen-bond donors (Lipinski definition) is 3. The van der Waals surface area contributed by atoms with Crippen molar-refractivity contribution in [3.63, 3.8) is 0 Å². The van der Waals surface area contributed by atoms with Crippen LogP contribution in [0.1, 0.15) is 23.6 Å². The summed E-state index contributed by atoms with van der Waals surface area (Å²) in [6.45, 7) is 0.676. The fraction of sp³-hybridized carbons (Fsp3) is 0.188. The van der Waals surface area contributed by atoms with Crippen LogP contribution in [0.4, 0.5) is 0 Å². The van der Waals surface area contributed by atoms with Crippen LogP contribution in [-0.4, -0.2) is 11.0 Å². The van der Waals surface area contributed by atoms with Crippen LogP contribution in [0.25, 0.3) is 0 Å². The van der Waals surface area contributed by atoms with Crippen molar-refractivity contribution in [2.45, 2.75) is 19.0 Å². The van der Waals surface area contributed by atoms with Crippen molar-refractivity contribution in [1.82, 2.24) is 5.32 Å². The third-order valence-electron chi connectivity index (χ3n) is 3.21. The predicted octanol–water partition coefficient (Wildman–Crippen LogP) is 3.31. The van der Waals surface area contributed by atoms with Gasteiger partial charge in [0.1, 0.15) is 5.84 Å². The van der Waals surface area contributed by atoms with E-state index in [1.165, 1.54) is 0 Å². The molecule has 0 spiro atoms. The summed E-state index contributed by atoms with van der Waals surface area (Å²) in [6.07, 6.45) is 0.439. The molecule has 1 atom stereocenters. The van der Waals surface area contributed by atoms with Gasteiger partial charge in [0, 0.05) is 24.0 Å². The van der Waals surface area contributed by atoms with Gasteiger partial charge in [-0.2, -0.15) is 0 Å². The average molecular weight is 304 g/mol. The second-order valence-corrected chi connectivity index (χ2v) is 5.20. The highest BCUT2D eigenvalue weighted by molar-refractivity contribution is 6.30. The molecule has 0 heterocycles. The summed E-state index contributed by atoms with van der Waals surface area (Å²) < 4.78 is 0. The lowest BCUT2D eigenvalue weighted by molar-refractivity contribution is 0.315. The number of rotatable bonds is 6. The van der Waals surface area contributed by atoms with Gasteiger partial charge in [-0.15, -0.1) is 0 Å². The molecule has 0 saturated heterocycles. The first kappa shape index (κ1) is 15.4. The number of benzene rings is 2. The van der Waals surface area contributed by atoms with Gasteiger partial charge in [0.2, 0.25) is 0 Å². The van der Waals surface area contributed by atoms with Crippen LogP contribution >= 0.6 is 11.6 Å². The van der Waals surface area contributed by atoms with Crippen LogP contribution in [0.3, 0.4) is 0 Å². The third-order valence-corrected chi connectivity index (χ3v) is 3.46. The van der Waals surface area contributed by atoms with Crippen molar-refractivity contribution in [1.29, 1.82) is 0 Å². The Morgan fingerprint density at radius 1 is 1.14 bits per heavy atom. The summed E-state index contributed by atoms with van der Waals surface area (Å²) in [5.41, 5.74) is 7.86. The monoisotopic (exact) mass is 303 g/mol. The van der Waals surface area contributed by atoms with Crippen LogP contribution in [0.5, 0.6) is 0 Å². The summed E-state index contributed by atoms with van der Waals surface area (Å²) >= 11 is 5.88. The maximum Gasteiger partial charge on any atom is 0.141 e. The van der Waals surface area contributed by atoms with E-state index in [9.17, 15) is 0 Å². The Hall–Kier alpha value is -2.04. The van der Waals surface area contributed by atoms with Gasteiger partial charge < -0.3 is 16.3 Å². The molecule has 5 heteroatoms. The number of amidine groups is 1. The number of halogens is 1. The number of nitrogens with one attached hydrogen (secondary N) is 1. The van der Waals surface area contributed by atoms with Gasteiger partial charge in [-0.1, -0.05) is 59.2 Å². The second-order valence-electron chi connectivity index (χ2n) is 4.77. The Kier molecular flexibility index (Phi) is 5.60. The van der Waals surface area contributed by atoms with Crippen molar-refractivity contribution < 1.29 is 5.21 Å². The first-order valence-corrected chi connectivity index (χ1v) is 7.06. The molecule has 0 fully saturated rings. The van der Waals surface area contributed by atoms with Crippen LogP contribution in [0, 0.1) is 0 Å². The molecule has 2 aromatic rings. The smallest absolute Gasteiger partial charge is 0.141 e. The minimum absolute atomic E-state index is 0.0159. The molecule has 0 aromatic heterocycles. The Labute approximate surface area is 129 Å². The standard InChI is InChI=1S/C16H18ClN3O/c17-14-8-6-12(7-9-14)11-19-15(10-16(18)20-21)13-4-2-1-3-5-13/h1-9,15,19,21H,10-11H2,(H2,18,20). The topological polar surface area (TPSA) is 70.6 Å². The Balaban J connectivity index is 2.07. The van der Waals surface area contributed by atoms with E-state index in [0.29, 0.717) is 13.0 Å². The largest absolute Gasteiger partial charge is 0.409 e. The molecule has 21 heavy (non-hydrogen) atoms. The van der Waals surface area contributed by atoms with Gasteiger partial charge in [0.15, 0.2) is 0 Å². The fourth-order valence-electron chi connectivity index (χ4n) is 2.09. The zero-order chi connectivity index (χ0) is 15.1. The maximum absolute atomic E-state index is 8.77. The summed E-state index contributed by atoms with van der Waals surface area (Å²) in [6, 6.07) is 17.6. The third kappa shape index (κ3) is 4.77. The highest BCUT2D eigenvalue weighted by Crippen LogP contribution is 2.18. The minimum Gasteiger partial charge on any atom is -0.409 e. The van der Waals surface area contributed by atoms with Gasteiger partial charge in [-0.3, -0.25) is 0 Å². The molecule has 2 rings (SSSR count). The molecule has 4 N–H and O–H groups in total.